The van der Waals surface area contributed by atoms with Crippen molar-refractivity contribution < 1.29 is 4.42 Å². The first-order valence-electron chi connectivity index (χ1n) is 5.74. The van der Waals surface area contributed by atoms with Gasteiger partial charge in [-0.3, -0.25) is 0 Å². The van der Waals surface area contributed by atoms with Gasteiger partial charge in [-0.15, -0.1) is 0 Å². The number of aryl methyl sites for hydroxylation is 1. The van der Waals surface area contributed by atoms with E-state index >= 15 is 0 Å². The Bertz CT molecular complexity index is 551. The SMILES string of the molecule is Cc1cc(Br)cc2cc(C(N)C(C)(C)C)oc12. The van der Waals surface area contributed by atoms with Crippen LogP contribution in [0.1, 0.15) is 38.1 Å². The summed E-state index contributed by atoms with van der Waals surface area (Å²) in [5, 5.41) is 1.10. The average molecular weight is 296 g/mol. The predicted molar refractivity (Wildman–Crippen MR) is 75.0 cm³/mol. The van der Waals surface area contributed by atoms with Gasteiger partial charge in [-0.2, -0.15) is 0 Å². The molecule has 3 heteroatoms. The summed E-state index contributed by atoms with van der Waals surface area (Å²) in [6.45, 7) is 8.40. The molecular formula is C14H18BrNO. The lowest BCUT2D eigenvalue weighted by atomic mass is 9.86. The van der Waals surface area contributed by atoms with Gasteiger partial charge in [-0.1, -0.05) is 36.7 Å². The molecule has 0 aliphatic carbocycles. The number of furan rings is 1. The molecule has 17 heavy (non-hydrogen) atoms. The third kappa shape index (κ3) is 2.40. The molecule has 0 spiro atoms. The monoisotopic (exact) mass is 295 g/mol. The highest BCUT2D eigenvalue weighted by molar-refractivity contribution is 9.10. The number of nitrogens with two attached hydrogens (primary N) is 1. The van der Waals surface area contributed by atoms with Crippen molar-refractivity contribution in [3.05, 3.63) is 34.0 Å². The number of hydrogen-bond donors (Lipinski definition) is 1. The van der Waals surface area contributed by atoms with Gasteiger partial charge in [0.05, 0.1) is 6.04 Å². The van der Waals surface area contributed by atoms with E-state index in [0.29, 0.717) is 0 Å². The van der Waals surface area contributed by atoms with Gasteiger partial charge < -0.3 is 10.2 Å². The summed E-state index contributed by atoms with van der Waals surface area (Å²) in [5.41, 5.74) is 8.28. The zero-order chi connectivity index (χ0) is 12.8. The summed E-state index contributed by atoms with van der Waals surface area (Å²) in [4.78, 5) is 0. The minimum Gasteiger partial charge on any atom is -0.459 e. The first-order valence-corrected chi connectivity index (χ1v) is 6.53. The Kier molecular flexibility index (Phi) is 3.08. The van der Waals surface area contributed by atoms with Crippen LogP contribution in [0.15, 0.2) is 27.1 Å². The molecule has 0 aliphatic rings. The molecule has 1 atom stereocenters. The van der Waals surface area contributed by atoms with Gasteiger partial charge in [-0.05, 0) is 36.1 Å². The fourth-order valence-corrected chi connectivity index (χ4v) is 2.47. The highest BCUT2D eigenvalue weighted by Gasteiger charge is 2.25. The summed E-state index contributed by atoms with van der Waals surface area (Å²) < 4.78 is 6.96. The van der Waals surface area contributed by atoms with Crippen molar-refractivity contribution in [2.45, 2.75) is 33.7 Å². The van der Waals surface area contributed by atoms with Crippen molar-refractivity contribution in [2.24, 2.45) is 11.1 Å². The van der Waals surface area contributed by atoms with Crippen LogP contribution in [-0.4, -0.2) is 0 Å². The first kappa shape index (κ1) is 12.7. The van der Waals surface area contributed by atoms with E-state index in [4.69, 9.17) is 10.2 Å². The number of benzene rings is 1. The normalized spacial score (nSPS) is 14.2. The van der Waals surface area contributed by atoms with Crippen LogP contribution in [0.3, 0.4) is 0 Å². The van der Waals surface area contributed by atoms with Crippen LogP contribution < -0.4 is 5.73 Å². The summed E-state index contributed by atoms with van der Waals surface area (Å²) in [6, 6.07) is 6.07. The second kappa shape index (κ2) is 4.14. The molecule has 92 valence electrons. The maximum atomic E-state index is 6.22. The van der Waals surface area contributed by atoms with E-state index in [0.717, 1.165) is 26.8 Å². The van der Waals surface area contributed by atoms with Crippen molar-refractivity contribution in [2.75, 3.05) is 0 Å². The molecule has 1 aromatic heterocycles. The van der Waals surface area contributed by atoms with Crippen LogP contribution in [0.4, 0.5) is 0 Å². The van der Waals surface area contributed by atoms with Gasteiger partial charge in [0.25, 0.3) is 0 Å². The van der Waals surface area contributed by atoms with Crippen molar-refractivity contribution in [1.29, 1.82) is 0 Å². The average Bonchev–Trinajstić information content (AvgIpc) is 2.58. The van der Waals surface area contributed by atoms with Gasteiger partial charge in [-0.25, -0.2) is 0 Å². The number of hydrogen-bond acceptors (Lipinski definition) is 2. The third-order valence-electron chi connectivity index (χ3n) is 3.03. The zero-order valence-corrected chi connectivity index (χ0v) is 12.3. The molecule has 1 aromatic carbocycles. The standard InChI is InChI=1S/C14H18BrNO/c1-8-5-10(15)6-9-7-11(17-12(8)9)13(16)14(2,3)4/h5-7,13H,16H2,1-4H3. The smallest absolute Gasteiger partial charge is 0.137 e. The Balaban J connectivity index is 2.56. The molecule has 0 amide bonds. The van der Waals surface area contributed by atoms with Crippen LogP contribution >= 0.6 is 15.9 Å². The molecular weight excluding hydrogens is 278 g/mol. The molecule has 2 aromatic rings. The highest BCUT2D eigenvalue weighted by Crippen LogP contribution is 2.35. The number of halogens is 1. The third-order valence-corrected chi connectivity index (χ3v) is 3.48. The van der Waals surface area contributed by atoms with Crippen LogP contribution in [0.2, 0.25) is 0 Å². The summed E-state index contributed by atoms with van der Waals surface area (Å²) in [5.74, 6) is 0.855. The van der Waals surface area contributed by atoms with Gasteiger partial charge in [0.15, 0.2) is 0 Å². The second-order valence-electron chi connectivity index (χ2n) is 5.63. The molecule has 1 heterocycles. The molecule has 1 unspecified atom stereocenters. The fraction of sp³-hybridized carbons (Fsp3) is 0.429. The summed E-state index contributed by atoms with van der Waals surface area (Å²) in [6.07, 6.45) is 0. The highest BCUT2D eigenvalue weighted by atomic mass is 79.9. The van der Waals surface area contributed by atoms with E-state index in [1.54, 1.807) is 0 Å². The Hall–Kier alpha value is -0.800. The van der Waals surface area contributed by atoms with E-state index in [-0.39, 0.29) is 11.5 Å². The topological polar surface area (TPSA) is 39.2 Å². The molecule has 2 rings (SSSR count). The minimum absolute atomic E-state index is 0.000979. The second-order valence-corrected chi connectivity index (χ2v) is 6.55. The molecule has 0 fully saturated rings. The van der Waals surface area contributed by atoms with Gasteiger partial charge >= 0.3 is 0 Å². The van der Waals surface area contributed by atoms with Crippen molar-refractivity contribution >= 4 is 26.9 Å². The lowest BCUT2D eigenvalue weighted by Gasteiger charge is -2.24. The van der Waals surface area contributed by atoms with E-state index in [1.807, 2.05) is 13.0 Å². The molecule has 0 saturated heterocycles. The van der Waals surface area contributed by atoms with Gasteiger partial charge in [0.2, 0.25) is 0 Å². The molecule has 0 bridgehead atoms. The minimum atomic E-state index is -0.0897. The lowest BCUT2D eigenvalue weighted by molar-refractivity contribution is 0.290. The van der Waals surface area contributed by atoms with Crippen molar-refractivity contribution in [1.82, 2.24) is 0 Å². The van der Waals surface area contributed by atoms with Crippen molar-refractivity contribution in [3.63, 3.8) is 0 Å². The molecule has 2 N–H and O–H groups in total. The Morgan fingerprint density at radius 1 is 1.24 bits per heavy atom. The Labute approximate surface area is 110 Å². The van der Waals surface area contributed by atoms with Gasteiger partial charge in [0.1, 0.15) is 11.3 Å². The Morgan fingerprint density at radius 3 is 2.47 bits per heavy atom. The van der Waals surface area contributed by atoms with Crippen LogP contribution in [0, 0.1) is 12.3 Å². The number of rotatable bonds is 1. The van der Waals surface area contributed by atoms with Crippen molar-refractivity contribution in [3.8, 4) is 0 Å². The number of fused-ring (bicyclic) bond motifs is 1. The quantitative estimate of drug-likeness (QED) is 0.838. The van der Waals surface area contributed by atoms with Crippen LogP contribution in [0.5, 0.6) is 0 Å². The lowest BCUT2D eigenvalue weighted by Crippen LogP contribution is -2.25. The van der Waals surface area contributed by atoms with Gasteiger partial charge in [0, 0.05) is 9.86 Å². The van der Waals surface area contributed by atoms with E-state index in [9.17, 15) is 0 Å². The summed E-state index contributed by atoms with van der Waals surface area (Å²) >= 11 is 3.50. The molecule has 0 aliphatic heterocycles. The first-order chi connectivity index (χ1) is 7.79. The van der Waals surface area contributed by atoms with Crippen LogP contribution in [-0.2, 0) is 0 Å². The van der Waals surface area contributed by atoms with E-state index in [2.05, 4.69) is 48.8 Å². The zero-order valence-electron chi connectivity index (χ0n) is 10.7. The predicted octanol–water partition coefficient (Wildman–Crippen LogP) is 4.55. The molecule has 2 nitrogen and oxygen atoms in total. The Morgan fingerprint density at radius 2 is 1.88 bits per heavy atom. The fourth-order valence-electron chi connectivity index (χ4n) is 1.88. The largest absolute Gasteiger partial charge is 0.459 e. The summed E-state index contributed by atoms with van der Waals surface area (Å²) in [7, 11) is 0. The maximum Gasteiger partial charge on any atom is 0.137 e. The van der Waals surface area contributed by atoms with E-state index in [1.165, 1.54) is 0 Å². The van der Waals surface area contributed by atoms with Crippen LogP contribution in [0.25, 0.3) is 11.0 Å². The molecule has 0 radical (unpaired) electrons. The molecule has 0 saturated carbocycles. The maximum absolute atomic E-state index is 6.22. The van der Waals surface area contributed by atoms with E-state index < -0.39 is 0 Å².